The summed E-state index contributed by atoms with van der Waals surface area (Å²) in [6.07, 6.45) is 2.03. The minimum Gasteiger partial charge on any atom is -0.378 e. The molecule has 0 aliphatic carbocycles. The fraction of sp³-hybridized carbons (Fsp3) is 0.389. The van der Waals surface area contributed by atoms with Crippen LogP contribution in [-0.4, -0.2) is 45.7 Å². The molecule has 2 rings (SSSR count). The molecule has 1 aromatic carbocycles. The lowest BCUT2D eigenvalue weighted by Crippen LogP contribution is -2.39. The van der Waals surface area contributed by atoms with Crippen LogP contribution >= 0.6 is 35.3 Å². The Hall–Kier alpha value is -1.93. The van der Waals surface area contributed by atoms with Crippen molar-refractivity contribution in [2.24, 2.45) is 4.99 Å². The molecule has 0 atom stereocenters. The first-order chi connectivity index (χ1) is 13.7. The molecule has 1 heterocycles. The number of nitrogens with one attached hydrogen (secondary N) is 3. The zero-order chi connectivity index (χ0) is 21.4. The van der Waals surface area contributed by atoms with Gasteiger partial charge in [0.05, 0.1) is 16.4 Å². The first-order valence-corrected chi connectivity index (χ1v) is 11.7. The van der Waals surface area contributed by atoms with E-state index in [1.165, 1.54) is 21.9 Å². The van der Waals surface area contributed by atoms with Crippen molar-refractivity contribution in [3.05, 3.63) is 50.2 Å². The van der Waals surface area contributed by atoms with Gasteiger partial charge in [-0.2, -0.15) is 0 Å². The third kappa shape index (κ3) is 7.72. The van der Waals surface area contributed by atoms with Crippen LogP contribution in [0, 0.1) is 10.1 Å². The quantitative estimate of drug-likeness (QED) is 0.106. The predicted octanol–water partition coefficient (Wildman–Crippen LogP) is 3.02. The SMILES string of the molecule is CCc1ccc(CNC(=NC)NCCNc2ccc(S(C)(=O)=O)cc2[N+](=O)[O-])s1.I. The second kappa shape index (κ2) is 12.1. The van der Waals surface area contributed by atoms with E-state index in [1.54, 1.807) is 18.4 Å². The van der Waals surface area contributed by atoms with E-state index < -0.39 is 14.8 Å². The number of guanidine groups is 1. The van der Waals surface area contributed by atoms with Crippen LogP contribution in [0.25, 0.3) is 0 Å². The highest BCUT2D eigenvalue weighted by atomic mass is 127. The van der Waals surface area contributed by atoms with Crippen LogP contribution in [0.5, 0.6) is 0 Å². The zero-order valence-corrected chi connectivity index (χ0v) is 20.9. The van der Waals surface area contributed by atoms with Gasteiger partial charge in [-0.15, -0.1) is 35.3 Å². The number of nitrogens with zero attached hydrogens (tertiary/aromatic N) is 2. The summed E-state index contributed by atoms with van der Waals surface area (Å²) in [6, 6.07) is 8.03. The Morgan fingerprint density at radius 3 is 2.43 bits per heavy atom. The highest BCUT2D eigenvalue weighted by Gasteiger charge is 2.18. The van der Waals surface area contributed by atoms with E-state index in [0.717, 1.165) is 18.7 Å². The van der Waals surface area contributed by atoms with Crippen molar-refractivity contribution in [1.29, 1.82) is 0 Å². The van der Waals surface area contributed by atoms with E-state index in [1.807, 2.05) is 0 Å². The predicted molar refractivity (Wildman–Crippen MR) is 132 cm³/mol. The van der Waals surface area contributed by atoms with Crippen molar-refractivity contribution in [2.45, 2.75) is 24.8 Å². The van der Waals surface area contributed by atoms with E-state index in [0.29, 0.717) is 25.6 Å². The molecule has 9 nitrogen and oxygen atoms in total. The molecule has 0 saturated carbocycles. The Bertz CT molecular complexity index is 992. The Kier molecular flexibility index (Phi) is 10.5. The molecule has 1 aromatic heterocycles. The molecule has 12 heteroatoms. The molecule has 0 bridgehead atoms. The van der Waals surface area contributed by atoms with Crippen LogP contribution in [0.3, 0.4) is 0 Å². The molecule has 0 aliphatic rings. The topological polar surface area (TPSA) is 126 Å². The number of hydrogen-bond donors (Lipinski definition) is 3. The normalized spacial score (nSPS) is 11.5. The minimum atomic E-state index is -3.51. The lowest BCUT2D eigenvalue weighted by molar-refractivity contribution is -0.384. The van der Waals surface area contributed by atoms with Gasteiger partial charge in [-0.3, -0.25) is 15.1 Å². The summed E-state index contributed by atoms with van der Waals surface area (Å²) in [5.41, 5.74) is -0.0160. The van der Waals surface area contributed by atoms with E-state index in [9.17, 15) is 18.5 Å². The third-order valence-electron chi connectivity index (χ3n) is 4.05. The number of nitro benzene ring substituents is 1. The van der Waals surface area contributed by atoms with Gasteiger partial charge in [0.25, 0.3) is 5.69 Å². The molecule has 0 saturated heterocycles. The summed E-state index contributed by atoms with van der Waals surface area (Å²) in [7, 11) is -1.84. The number of anilines is 1. The fourth-order valence-electron chi connectivity index (χ4n) is 2.52. The summed E-state index contributed by atoms with van der Waals surface area (Å²) in [5.74, 6) is 0.625. The Balaban J connectivity index is 0.00000450. The number of nitro groups is 1. The fourth-order valence-corrected chi connectivity index (χ4v) is 4.06. The summed E-state index contributed by atoms with van der Waals surface area (Å²) in [5, 5.41) is 20.6. The molecule has 0 amide bonds. The number of thiophene rings is 1. The van der Waals surface area contributed by atoms with Crippen molar-refractivity contribution in [3.63, 3.8) is 0 Å². The number of benzene rings is 1. The van der Waals surface area contributed by atoms with Gasteiger partial charge >= 0.3 is 0 Å². The highest BCUT2D eigenvalue weighted by Crippen LogP contribution is 2.27. The molecule has 2 aromatic rings. The Morgan fingerprint density at radius 1 is 1.17 bits per heavy atom. The molecule has 166 valence electrons. The van der Waals surface area contributed by atoms with Crippen LogP contribution in [0.15, 0.2) is 40.2 Å². The molecular weight excluding hydrogens is 541 g/mol. The van der Waals surface area contributed by atoms with E-state index >= 15 is 0 Å². The molecule has 0 radical (unpaired) electrons. The van der Waals surface area contributed by atoms with Gasteiger partial charge in [-0.1, -0.05) is 6.92 Å². The maximum Gasteiger partial charge on any atom is 0.293 e. The second-order valence-electron chi connectivity index (χ2n) is 6.21. The van der Waals surface area contributed by atoms with E-state index in [-0.39, 0.29) is 40.2 Å². The molecular formula is C18H26IN5O4S2. The van der Waals surface area contributed by atoms with E-state index in [2.05, 4.69) is 40.0 Å². The average Bonchev–Trinajstić information content (AvgIpc) is 3.14. The van der Waals surface area contributed by atoms with Gasteiger partial charge in [-0.05, 0) is 30.7 Å². The van der Waals surface area contributed by atoms with Crippen molar-refractivity contribution >= 4 is 62.5 Å². The van der Waals surface area contributed by atoms with Gasteiger partial charge in [0.1, 0.15) is 5.69 Å². The number of sulfone groups is 1. The van der Waals surface area contributed by atoms with Crippen molar-refractivity contribution < 1.29 is 13.3 Å². The standard InChI is InChI=1S/C18H25N5O4S2.HI/c1-4-13-5-6-14(28-13)12-22-18(19-2)21-10-9-20-16-8-7-15(29(3,26)27)11-17(16)23(24)25;/h5-8,11,20H,4,9-10,12H2,1-3H3,(H2,19,21,22);1H. The molecule has 0 spiro atoms. The third-order valence-corrected chi connectivity index (χ3v) is 6.39. The first kappa shape index (κ1) is 26.1. The maximum absolute atomic E-state index is 11.6. The summed E-state index contributed by atoms with van der Waals surface area (Å²) < 4.78 is 23.2. The van der Waals surface area contributed by atoms with Gasteiger partial charge in [0.15, 0.2) is 15.8 Å². The number of hydrogen-bond acceptors (Lipinski definition) is 7. The number of aryl methyl sites for hydroxylation is 1. The van der Waals surface area contributed by atoms with Gasteiger partial charge in [0.2, 0.25) is 0 Å². The molecule has 0 unspecified atom stereocenters. The molecule has 3 N–H and O–H groups in total. The van der Waals surface area contributed by atoms with Crippen LogP contribution in [0.4, 0.5) is 11.4 Å². The van der Waals surface area contributed by atoms with Crippen molar-refractivity contribution in [3.8, 4) is 0 Å². The van der Waals surface area contributed by atoms with Crippen LogP contribution in [0.1, 0.15) is 16.7 Å². The maximum atomic E-state index is 11.6. The lowest BCUT2D eigenvalue weighted by Gasteiger charge is -2.12. The van der Waals surface area contributed by atoms with Crippen LogP contribution in [-0.2, 0) is 22.8 Å². The summed E-state index contributed by atoms with van der Waals surface area (Å²) in [4.78, 5) is 17.3. The monoisotopic (exact) mass is 567 g/mol. The number of halogens is 1. The average molecular weight is 567 g/mol. The number of rotatable bonds is 9. The van der Waals surface area contributed by atoms with Gasteiger partial charge in [-0.25, -0.2) is 8.42 Å². The Labute approximate surface area is 197 Å². The highest BCUT2D eigenvalue weighted by molar-refractivity contribution is 14.0. The summed E-state index contributed by atoms with van der Waals surface area (Å²) in [6.45, 7) is 3.64. The van der Waals surface area contributed by atoms with Gasteiger partial charge in [0, 0.05) is 42.2 Å². The van der Waals surface area contributed by atoms with E-state index in [4.69, 9.17) is 0 Å². The summed E-state index contributed by atoms with van der Waals surface area (Å²) >= 11 is 1.75. The lowest BCUT2D eigenvalue weighted by atomic mass is 10.2. The smallest absolute Gasteiger partial charge is 0.293 e. The number of aliphatic imine (C=N–C) groups is 1. The van der Waals surface area contributed by atoms with Crippen molar-refractivity contribution in [1.82, 2.24) is 10.6 Å². The Morgan fingerprint density at radius 2 is 1.87 bits per heavy atom. The van der Waals surface area contributed by atoms with Crippen LogP contribution in [0.2, 0.25) is 0 Å². The zero-order valence-electron chi connectivity index (χ0n) is 17.0. The molecule has 0 fully saturated rings. The van der Waals surface area contributed by atoms with Crippen molar-refractivity contribution in [2.75, 3.05) is 31.7 Å². The molecule has 30 heavy (non-hydrogen) atoms. The first-order valence-electron chi connectivity index (χ1n) is 8.99. The second-order valence-corrected chi connectivity index (χ2v) is 9.48. The van der Waals surface area contributed by atoms with Crippen LogP contribution < -0.4 is 16.0 Å². The minimum absolute atomic E-state index is 0. The largest absolute Gasteiger partial charge is 0.378 e. The van der Waals surface area contributed by atoms with Gasteiger partial charge < -0.3 is 16.0 Å². The molecule has 0 aliphatic heterocycles.